The maximum absolute atomic E-state index is 13.3. The first-order valence-electron chi connectivity index (χ1n) is 11.1. The van der Waals surface area contributed by atoms with E-state index in [1.807, 2.05) is 38.1 Å². The Balaban J connectivity index is 1.41. The molecule has 2 aromatic carbocycles. The minimum Gasteiger partial charge on any atom is -0.497 e. The Morgan fingerprint density at radius 3 is 2.27 bits per heavy atom. The second-order valence-corrected chi connectivity index (χ2v) is 8.91. The molecule has 6 nitrogen and oxygen atoms in total. The van der Waals surface area contributed by atoms with Crippen molar-refractivity contribution < 1.29 is 14.3 Å². The zero-order valence-corrected chi connectivity index (χ0v) is 19.9. The first-order chi connectivity index (χ1) is 15.9. The lowest BCUT2D eigenvalue weighted by molar-refractivity contribution is 0.0649. The highest BCUT2D eigenvalue weighted by atomic mass is 35.5. The maximum atomic E-state index is 13.3. The smallest absolute Gasteiger partial charge is 0.258 e. The number of amides is 1. The van der Waals surface area contributed by atoms with Crippen LogP contribution >= 0.6 is 11.6 Å². The van der Waals surface area contributed by atoms with Crippen LogP contribution in [0.2, 0.25) is 5.15 Å². The summed E-state index contributed by atoms with van der Waals surface area (Å²) in [7, 11) is 1.60. The summed E-state index contributed by atoms with van der Waals surface area (Å²) in [6.07, 6.45) is 1.26. The molecule has 0 bridgehead atoms. The van der Waals surface area contributed by atoms with Crippen LogP contribution in [0.1, 0.15) is 50.4 Å². The molecule has 0 N–H and O–H groups in total. The number of Topliss-reactive ketones (excluding diaryl/α,β-unsaturated/α-hetero) is 1. The van der Waals surface area contributed by atoms with Gasteiger partial charge in [0.15, 0.2) is 5.78 Å². The number of aromatic nitrogens is 2. The molecule has 7 heteroatoms. The molecular weight excluding hydrogens is 438 g/mol. The fraction of sp³-hybridized carbons (Fsp3) is 0.346. The lowest BCUT2D eigenvalue weighted by Crippen LogP contribution is -2.40. The van der Waals surface area contributed by atoms with Gasteiger partial charge in [-0.05, 0) is 56.5 Å². The lowest BCUT2D eigenvalue weighted by Gasteiger charge is -2.31. The Morgan fingerprint density at radius 1 is 1.03 bits per heavy atom. The number of carbonyl (C=O) groups is 2. The molecule has 0 saturated carbocycles. The van der Waals surface area contributed by atoms with E-state index < -0.39 is 0 Å². The van der Waals surface area contributed by atoms with Crippen molar-refractivity contribution in [3.05, 3.63) is 81.6 Å². The molecule has 1 saturated heterocycles. The van der Waals surface area contributed by atoms with Crippen LogP contribution in [0.15, 0.2) is 48.5 Å². The molecule has 2 heterocycles. The van der Waals surface area contributed by atoms with Crippen molar-refractivity contribution in [2.75, 3.05) is 20.2 Å². The van der Waals surface area contributed by atoms with E-state index >= 15 is 0 Å². The summed E-state index contributed by atoms with van der Waals surface area (Å²) in [5.74, 6) is 0.623. The van der Waals surface area contributed by atoms with Gasteiger partial charge in [-0.1, -0.05) is 41.4 Å². The largest absolute Gasteiger partial charge is 0.497 e. The number of aryl methyl sites for hydroxylation is 2. The normalized spacial score (nSPS) is 14.4. The quantitative estimate of drug-likeness (QED) is 0.483. The zero-order valence-electron chi connectivity index (χ0n) is 19.2. The number of nitrogens with zero attached hydrogens (tertiary/aromatic N) is 3. The molecular formula is C26H28ClN3O3. The van der Waals surface area contributed by atoms with Gasteiger partial charge in [-0.3, -0.25) is 9.59 Å². The Morgan fingerprint density at radius 2 is 1.67 bits per heavy atom. The average Bonchev–Trinajstić information content (AvgIpc) is 3.12. The molecule has 3 aromatic rings. The first kappa shape index (κ1) is 23.1. The topological polar surface area (TPSA) is 64.4 Å². The van der Waals surface area contributed by atoms with Crippen LogP contribution in [-0.2, 0) is 6.54 Å². The van der Waals surface area contributed by atoms with Crippen LogP contribution in [0.25, 0.3) is 0 Å². The van der Waals surface area contributed by atoms with E-state index in [1.165, 1.54) is 5.56 Å². The van der Waals surface area contributed by atoms with Gasteiger partial charge in [-0.15, -0.1) is 0 Å². The highest BCUT2D eigenvalue weighted by molar-refractivity contribution is 6.33. The number of benzene rings is 2. The molecule has 1 amide bonds. The summed E-state index contributed by atoms with van der Waals surface area (Å²) < 4.78 is 6.84. The van der Waals surface area contributed by atoms with Gasteiger partial charge in [-0.25, -0.2) is 4.68 Å². The maximum Gasteiger partial charge on any atom is 0.258 e. The number of hydrogen-bond donors (Lipinski definition) is 0. The van der Waals surface area contributed by atoms with E-state index in [9.17, 15) is 9.59 Å². The van der Waals surface area contributed by atoms with E-state index in [2.05, 4.69) is 5.10 Å². The number of methoxy groups -OCH3 is 1. The SMILES string of the molecule is COc1ccc(C(=O)C2CCN(C(=O)c3c(C)nn(Cc4ccc(C)cc4)c3Cl)CC2)cc1. The molecule has 4 rings (SSSR count). The summed E-state index contributed by atoms with van der Waals surface area (Å²) in [6, 6.07) is 15.3. The Labute approximate surface area is 199 Å². The minimum absolute atomic E-state index is 0.0942. The summed E-state index contributed by atoms with van der Waals surface area (Å²) in [5, 5.41) is 4.87. The molecule has 0 radical (unpaired) electrons. The molecule has 1 aromatic heterocycles. The molecule has 1 aliphatic rings. The van der Waals surface area contributed by atoms with Gasteiger partial charge in [0.25, 0.3) is 5.91 Å². The average molecular weight is 466 g/mol. The third-order valence-electron chi connectivity index (χ3n) is 6.26. The standard InChI is InChI=1S/C26H28ClN3O3/c1-17-4-6-19(7-5-17)16-30-25(27)23(18(2)28-30)26(32)29-14-12-21(13-15-29)24(31)20-8-10-22(33-3)11-9-20/h4-11,21H,12-16H2,1-3H3. The van der Waals surface area contributed by atoms with E-state index in [0.29, 0.717) is 54.4 Å². The van der Waals surface area contributed by atoms with Crippen molar-refractivity contribution in [2.24, 2.45) is 5.92 Å². The van der Waals surface area contributed by atoms with Crippen LogP contribution in [0, 0.1) is 19.8 Å². The van der Waals surface area contributed by atoms with Gasteiger partial charge in [0.1, 0.15) is 10.9 Å². The number of piperidine rings is 1. The number of ether oxygens (including phenoxy) is 1. The Hall–Kier alpha value is -3.12. The van der Waals surface area contributed by atoms with Crippen molar-refractivity contribution in [3.63, 3.8) is 0 Å². The predicted octanol–water partition coefficient (Wildman–Crippen LogP) is 4.95. The number of carbonyl (C=O) groups excluding carboxylic acids is 2. The Bertz CT molecular complexity index is 1140. The van der Waals surface area contributed by atoms with Crippen molar-refractivity contribution in [3.8, 4) is 5.75 Å². The number of ketones is 1. The molecule has 0 spiro atoms. The second-order valence-electron chi connectivity index (χ2n) is 8.55. The number of likely N-dealkylation sites (tertiary alicyclic amines) is 1. The summed E-state index contributed by atoms with van der Waals surface area (Å²) in [4.78, 5) is 27.9. The molecule has 0 atom stereocenters. The van der Waals surface area contributed by atoms with Gasteiger partial charge in [0.05, 0.1) is 24.9 Å². The number of rotatable bonds is 6. The van der Waals surface area contributed by atoms with Crippen LogP contribution in [0.3, 0.4) is 0 Å². The summed E-state index contributed by atoms with van der Waals surface area (Å²) >= 11 is 6.60. The molecule has 1 aliphatic heterocycles. The van der Waals surface area contributed by atoms with Crippen molar-refractivity contribution in [1.29, 1.82) is 0 Å². The van der Waals surface area contributed by atoms with Gasteiger partial charge in [-0.2, -0.15) is 5.10 Å². The van der Waals surface area contributed by atoms with Gasteiger partial charge < -0.3 is 9.64 Å². The van der Waals surface area contributed by atoms with Crippen LogP contribution < -0.4 is 4.74 Å². The lowest BCUT2D eigenvalue weighted by atomic mass is 9.88. The number of halogens is 1. The first-order valence-corrected chi connectivity index (χ1v) is 11.5. The van der Waals surface area contributed by atoms with E-state index in [1.54, 1.807) is 41.0 Å². The third kappa shape index (κ3) is 4.96. The summed E-state index contributed by atoms with van der Waals surface area (Å²) in [5.41, 5.74) is 4.00. The number of hydrogen-bond acceptors (Lipinski definition) is 4. The highest BCUT2D eigenvalue weighted by Crippen LogP contribution is 2.27. The Kier molecular flexibility index (Phi) is 6.84. The van der Waals surface area contributed by atoms with Crippen molar-refractivity contribution >= 4 is 23.3 Å². The second kappa shape index (κ2) is 9.79. The molecule has 33 heavy (non-hydrogen) atoms. The molecule has 1 fully saturated rings. The minimum atomic E-state index is -0.122. The molecule has 0 aliphatic carbocycles. The van der Waals surface area contributed by atoms with E-state index in [-0.39, 0.29) is 17.6 Å². The predicted molar refractivity (Wildman–Crippen MR) is 128 cm³/mol. The van der Waals surface area contributed by atoms with E-state index in [0.717, 1.165) is 11.3 Å². The van der Waals surface area contributed by atoms with Gasteiger partial charge in [0.2, 0.25) is 0 Å². The third-order valence-corrected chi connectivity index (χ3v) is 6.64. The summed E-state index contributed by atoms with van der Waals surface area (Å²) in [6.45, 7) is 5.39. The van der Waals surface area contributed by atoms with Gasteiger partial charge >= 0.3 is 0 Å². The fourth-order valence-corrected chi connectivity index (χ4v) is 4.58. The zero-order chi connectivity index (χ0) is 23.5. The van der Waals surface area contributed by atoms with E-state index in [4.69, 9.17) is 16.3 Å². The van der Waals surface area contributed by atoms with Crippen LogP contribution in [0.4, 0.5) is 0 Å². The highest BCUT2D eigenvalue weighted by Gasteiger charge is 2.31. The fourth-order valence-electron chi connectivity index (χ4n) is 4.26. The molecule has 0 unspecified atom stereocenters. The van der Waals surface area contributed by atoms with Crippen LogP contribution in [-0.4, -0.2) is 46.6 Å². The van der Waals surface area contributed by atoms with Crippen LogP contribution in [0.5, 0.6) is 5.75 Å². The molecule has 172 valence electrons. The van der Waals surface area contributed by atoms with Crippen molar-refractivity contribution in [1.82, 2.24) is 14.7 Å². The van der Waals surface area contributed by atoms with Gasteiger partial charge in [0, 0.05) is 24.6 Å². The monoisotopic (exact) mass is 465 g/mol. The van der Waals surface area contributed by atoms with Crippen molar-refractivity contribution in [2.45, 2.75) is 33.2 Å².